The Labute approximate surface area is 120 Å². The van der Waals surface area contributed by atoms with Crippen molar-refractivity contribution >= 4 is 11.9 Å². The highest BCUT2D eigenvalue weighted by Crippen LogP contribution is 2.25. The average molecular weight is 282 g/mol. The van der Waals surface area contributed by atoms with Gasteiger partial charge in [0.1, 0.15) is 0 Å². The molecule has 0 aromatic carbocycles. The minimum absolute atomic E-state index is 0.161. The molecule has 20 heavy (non-hydrogen) atoms. The predicted octanol–water partition coefficient (Wildman–Crippen LogP) is 1.62. The highest BCUT2D eigenvalue weighted by atomic mass is 16.4. The molecule has 1 heterocycles. The lowest BCUT2D eigenvalue weighted by atomic mass is 9.85. The first kappa shape index (κ1) is 15.3. The first-order valence-corrected chi connectivity index (χ1v) is 7.85. The largest absolute Gasteiger partial charge is 0.481 e. The van der Waals surface area contributed by atoms with Crippen LogP contribution in [0.25, 0.3) is 0 Å². The Hall–Kier alpha value is -1.10. The van der Waals surface area contributed by atoms with E-state index in [1.807, 2.05) is 11.8 Å². The fourth-order valence-corrected chi connectivity index (χ4v) is 3.38. The average Bonchev–Trinajstić information content (AvgIpc) is 2.47. The van der Waals surface area contributed by atoms with Crippen LogP contribution in [0, 0.1) is 5.92 Å². The molecule has 2 rings (SSSR count). The summed E-state index contributed by atoms with van der Waals surface area (Å²) in [6.45, 7) is 3.64. The second kappa shape index (κ2) is 7.07. The topological polar surface area (TPSA) is 69.6 Å². The summed E-state index contributed by atoms with van der Waals surface area (Å²) in [5, 5.41) is 12.4. The van der Waals surface area contributed by atoms with E-state index in [0.717, 1.165) is 45.2 Å². The van der Waals surface area contributed by atoms with Gasteiger partial charge in [0.2, 0.25) is 5.91 Å². The van der Waals surface area contributed by atoms with Gasteiger partial charge in [0.05, 0.1) is 12.0 Å². The van der Waals surface area contributed by atoms with Gasteiger partial charge < -0.3 is 15.3 Å². The maximum atomic E-state index is 12.3. The number of rotatable bonds is 4. The third-order valence-corrected chi connectivity index (χ3v) is 4.55. The number of carboxylic acid groups (broad SMARTS) is 1. The summed E-state index contributed by atoms with van der Waals surface area (Å²) in [6, 6.07) is -0.0424. The van der Waals surface area contributed by atoms with Crippen LogP contribution >= 0.6 is 0 Å². The number of piperidine rings is 1. The standard InChI is InChI=1S/C15H26N2O3/c1-11(14(18)17-8-3-2-4-9-17)16-13-7-5-6-12(10-13)15(19)20/h11-13,16H,2-10H2,1H3,(H,19,20). The number of amides is 1. The zero-order valence-corrected chi connectivity index (χ0v) is 12.3. The molecule has 2 fully saturated rings. The quantitative estimate of drug-likeness (QED) is 0.822. The van der Waals surface area contributed by atoms with E-state index < -0.39 is 5.97 Å². The molecule has 0 radical (unpaired) electrons. The van der Waals surface area contributed by atoms with Crippen molar-refractivity contribution < 1.29 is 14.7 Å². The fourth-order valence-electron chi connectivity index (χ4n) is 3.38. The van der Waals surface area contributed by atoms with Crippen LogP contribution in [-0.4, -0.2) is 47.1 Å². The van der Waals surface area contributed by atoms with Gasteiger partial charge >= 0.3 is 5.97 Å². The van der Waals surface area contributed by atoms with E-state index in [-0.39, 0.29) is 23.9 Å². The number of hydrogen-bond acceptors (Lipinski definition) is 3. The van der Waals surface area contributed by atoms with E-state index in [9.17, 15) is 9.59 Å². The van der Waals surface area contributed by atoms with Crippen molar-refractivity contribution in [1.82, 2.24) is 10.2 Å². The van der Waals surface area contributed by atoms with Crippen LogP contribution in [-0.2, 0) is 9.59 Å². The van der Waals surface area contributed by atoms with Crippen molar-refractivity contribution in [3.05, 3.63) is 0 Å². The van der Waals surface area contributed by atoms with Crippen molar-refractivity contribution in [3.8, 4) is 0 Å². The molecule has 0 bridgehead atoms. The zero-order valence-electron chi connectivity index (χ0n) is 12.3. The van der Waals surface area contributed by atoms with E-state index in [1.54, 1.807) is 0 Å². The number of hydrogen-bond donors (Lipinski definition) is 2. The summed E-state index contributed by atoms with van der Waals surface area (Å²) in [7, 11) is 0. The first-order valence-electron chi connectivity index (χ1n) is 7.85. The molecule has 0 aromatic rings. The Bertz CT molecular complexity index is 353. The van der Waals surface area contributed by atoms with Crippen LogP contribution < -0.4 is 5.32 Å². The minimum atomic E-state index is -0.702. The Balaban J connectivity index is 1.82. The molecule has 3 unspecified atom stereocenters. The van der Waals surface area contributed by atoms with Gasteiger partial charge in [0.15, 0.2) is 0 Å². The van der Waals surface area contributed by atoms with E-state index in [0.29, 0.717) is 6.42 Å². The number of nitrogens with one attached hydrogen (secondary N) is 1. The summed E-state index contributed by atoms with van der Waals surface area (Å²) >= 11 is 0. The Morgan fingerprint density at radius 2 is 1.85 bits per heavy atom. The van der Waals surface area contributed by atoms with E-state index >= 15 is 0 Å². The number of likely N-dealkylation sites (tertiary alicyclic amines) is 1. The van der Waals surface area contributed by atoms with Crippen LogP contribution in [0.3, 0.4) is 0 Å². The van der Waals surface area contributed by atoms with Gasteiger partial charge in [-0.1, -0.05) is 6.42 Å². The number of carbonyl (C=O) groups is 2. The van der Waals surface area contributed by atoms with Gasteiger partial charge in [-0.05, 0) is 45.4 Å². The molecule has 2 aliphatic rings. The number of carbonyl (C=O) groups excluding carboxylic acids is 1. The summed E-state index contributed by atoms with van der Waals surface area (Å²) in [4.78, 5) is 25.3. The van der Waals surface area contributed by atoms with Crippen molar-refractivity contribution in [2.75, 3.05) is 13.1 Å². The van der Waals surface area contributed by atoms with Gasteiger partial charge in [0.25, 0.3) is 0 Å². The van der Waals surface area contributed by atoms with Crippen LogP contribution in [0.1, 0.15) is 51.9 Å². The molecule has 1 aliphatic carbocycles. The lowest BCUT2D eigenvalue weighted by Crippen LogP contribution is -2.50. The molecule has 0 spiro atoms. The Kier molecular flexibility index (Phi) is 5.40. The molecule has 2 N–H and O–H groups in total. The lowest BCUT2D eigenvalue weighted by molar-refractivity contribution is -0.143. The first-order chi connectivity index (χ1) is 9.58. The van der Waals surface area contributed by atoms with Crippen LogP contribution in [0.5, 0.6) is 0 Å². The molecular weight excluding hydrogens is 256 g/mol. The van der Waals surface area contributed by atoms with Gasteiger partial charge in [-0.15, -0.1) is 0 Å². The van der Waals surface area contributed by atoms with Crippen LogP contribution in [0.2, 0.25) is 0 Å². The second-order valence-corrected chi connectivity index (χ2v) is 6.17. The molecule has 114 valence electrons. The van der Waals surface area contributed by atoms with E-state index in [1.165, 1.54) is 6.42 Å². The summed E-state index contributed by atoms with van der Waals surface area (Å²) < 4.78 is 0. The summed E-state index contributed by atoms with van der Waals surface area (Å²) in [5.41, 5.74) is 0. The highest BCUT2D eigenvalue weighted by molar-refractivity contribution is 5.81. The van der Waals surface area contributed by atoms with E-state index in [2.05, 4.69) is 5.32 Å². The number of nitrogens with zero attached hydrogens (tertiary/aromatic N) is 1. The van der Waals surface area contributed by atoms with Gasteiger partial charge in [-0.2, -0.15) is 0 Å². The molecular formula is C15H26N2O3. The maximum Gasteiger partial charge on any atom is 0.306 e. The highest BCUT2D eigenvalue weighted by Gasteiger charge is 2.30. The van der Waals surface area contributed by atoms with E-state index in [4.69, 9.17) is 5.11 Å². The van der Waals surface area contributed by atoms with Crippen molar-refractivity contribution in [3.63, 3.8) is 0 Å². The minimum Gasteiger partial charge on any atom is -0.481 e. The third kappa shape index (κ3) is 3.95. The summed E-state index contributed by atoms with van der Waals surface area (Å²) in [6.07, 6.45) is 6.73. The molecule has 0 aromatic heterocycles. The third-order valence-electron chi connectivity index (χ3n) is 4.55. The number of aliphatic carboxylic acids is 1. The molecule has 5 nitrogen and oxygen atoms in total. The van der Waals surface area contributed by atoms with Crippen molar-refractivity contribution in [2.45, 2.75) is 64.0 Å². The van der Waals surface area contributed by atoms with Crippen LogP contribution in [0.15, 0.2) is 0 Å². The molecule has 1 amide bonds. The van der Waals surface area contributed by atoms with Gasteiger partial charge in [-0.3, -0.25) is 9.59 Å². The molecule has 5 heteroatoms. The summed E-state index contributed by atoms with van der Waals surface area (Å²) in [5.74, 6) is -0.785. The number of carboxylic acids is 1. The molecule has 3 atom stereocenters. The lowest BCUT2D eigenvalue weighted by Gasteiger charge is -2.33. The monoisotopic (exact) mass is 282 g/mol. The normalized spacial score (nSPS) is 28.9. The smallest absolute Gasteiger partial charge is 0.306 e. The SMILES string of the molecule is CC(NC1CCCC(C(=O)O)C1)C(=O)N1CCCCC1. The van der Waals surface area contributed by atoms with Gasteiger partial charge in [-0.25, -0.2) is 0 Å². The Morgan fingerprint density at radius 1 is 1.15 bits per heavy atom. The maximum absolute atomic E-state index is 12.3. The van der Waals surface area contributed by atoms with Crippen molar-refractivity contribution in [1.29, 1.82) is 0 Å². The molecule has 1 saturated heterocycles. The molecule has 1 aliphatic heterocycles. The van der Waals surface area contributed by atoms with Gasteiger partial charge in [0, 0.05) is 19.1 Å². The zero-order chi connectivity index (χ0) is 14.5. The molecule has 1 saturated carbocycles. The fraction of sp³-hybridized carbons (Fsp3) is 0.867. The van der Waals surface area contributed by atoms with Crippen molar-refractivity contribution in [2.24, 2.45) is 5.92 Å². The second-order valence-electron chi connectivity index (χ2n) is 6.17. The predicted molar refractivity (Wildman–Crippen MR) is 76.4 cm³/mol. The van der Waals surface area contributed by atoms with Crippen LogP contribution in [0.4, 0.5) is 0 Å². The Morgan fingerprint density at radius 3 is 2.50 bits per heavy atom.